The number of anilines is 1. The number of rotatable bonds is 4. The van der Waals surface area contributed by atoms with Crippen LogP contribution in [-0.4, -0.2) is 17.1 Å². The number of carbonyl (C=O) groups is 1. The van der Waals surface area contributed by atoms with E-state index in [1.54, 1.807) is 6.92 Å². The first-order chi connectivity index (χ1) is 7.49. The second kappa shape index (κ2) is 6.01. The second-order valence-corrected chi connectivity index (χ2v) is 4.75. The maximum Gasteiger partial charge on any atom is 0.224 e. The quantitative estimate of drug-likeness (QED) is 0.894. The van der Waals surface area contributed by atoms with Crippen LogP contribution in [0.4, 0.5) is 5.69 Å². The van der Waals surface area contributed by atoms with E-state index >= 15 is 0 Å². The lowest BCUT2D eigenvalue weighted by molar-refractivity contribution is -0.116. The number of hydrogen-bond acceptors (Lipinski definition) is 2. The Hall–Kier alpha value is -0.870. The third kappa shape index (κ3) is 4.33. The fourth-order valence-electron chi connectivity index (χ4n) is 1.23. The Balaban J connectivity index is 2.53. The molecule has 1 rings (SSSR count). The van der Waals surface area contributed by atoms with Gasteiger partial charge in [0.2, 0.25) is 5.91 Å². The minimum atomic E-state index is -0.435. The highest BCUT2D eigenvalue weighted by atomic mass is 79.9. The van der Waals surface area contributed by atoms with Gasteiger partial charge in [-0.25, -0.2) is 0 Å². The van der Waals surface area contributed by atoms with E-state index in [2.05, 4.69) is 21.2 Å². The molecule has 2 N–H and O–H groups in total. The molecule has 0 aliphatic rings. The summed E-state index contributed by atoms with van der Waals surface area (Å²) in [4.78, 5) is 11.5. The molecule has 1 unspecified atom stereocenters. The molecule has 0 aromatic heterocycles. The molecule has 0 heterocycles. The van der Waals surface area contributed by atoms with Crippen molar-refractivity contribution in [1.29, 1.82) is 0 Å². The standard InChI is InChI=1S/C12H16BrNO2/c1-8-3-5-10(7-11(8)13)14-12(16)6-4-9(2)15/h3,5,7,9,15H,4,6H2,1-2H3,(H,14,16). The van der Waals surface area contributed by atoms with Gasteiger partial charge in [0.25, 0.3) is 0 Å². The average Bonchev–Trinajstić information content (AvgIpc) is 2.21. The monoisotopic (exact) mass is 285 g/mol. The number of halogens is 1. The number of nitrogens with one attached hydrogen (secondary N) is 1. The Bertz CT molecular complexity index is 377. The molecule has 88 valence electrons. The molecule has 0 bridgehead atoms. The zero-order chi connectivity index (χ0) is 12.1. The van der Waals surface area contributed by atoms with Gasteiger partial charge in [0.1, 0.15) is 0 Å². The van der Waals surface area contributed by atoms with Gasteiger partial charge in [-0.2, -0.15) is 0 Å². The average molecular weight is 286 g/mol. The molecule has 0 saturated carbocycles. The number of aliphatic hydroxyl groups is 1. The van der Waals surface area contributed by atoms with Gasteiger partial charge in [0.15, 0.2) is 0 Å². The molecule has 1 aromatic rings. The van der Waals surface area contributed by atoms with Crippen molar-refractivity contribution < 1.29 is 9.90 Å². The van der Waals surface area contributed by atoms with Crippen molar-refractivity contribution in [3.8, 4) is 0 Å². The van der Waals surface area contributed by atoms with Crippen LogP contribution >= 0.6 is 15.9 Å². The molecule has 0 spiro atoms. The number of carbonyl (C=O) groups excluding carboxylic acids is 1. The smallest absolute Gasteiger partial charge is 0.224 e. The van der Waals surface area contributed by atoms with E-state index < -0.39 is 6.10 Å². The molecule has 0 aliphatic heterocycles. The summed E-state index contributed by atoms with van der Waals surface area (Å²) in [6, 6.07) is 5.67. The third-order valence-electron chi connectivity index (χ3n) is 2.24. The van der Waals surface area contributed by atoms with Gasteiger partial charge in [-0.3, -0.25) is 4.79 Å². The lowest BCUT2D eigenvalue weighted by Gasteiger charge is -2.07. The van der Waals surface area contributed by atoms with E-state index in [9.17, 15) is 4.79 Å². The second-order valence-electron chi connectivity index (χ2n) is 3.90. The number of amides is 1. The summed E-state index contributed by atoms with van der Waals surface area (Å²) in [7, 11) is 0. The van der Waals surface area contributed by atoms with E-state index in [0.717, 1.165) is 15.7 Å². The van der Waals surface area contributed by atoms with Gasteiger partial charge in [-0.15, -0.1) is 0 Å². The van der Waals surface area contributed by atoms with Gasteiger partial charge in [0.05, 0.1) is 6.10 Å². The van der Waals surface area contributed by atoms with E-state index in [1.165, 1.54) is 0 Å². The van der Waals surface area contributed by atoms with Crippen molar-refractivity contribution in [1.82, 2.24) is 0 Å². The normalized spacial score (nSPS) is 12.2. The largest absolute Gasteiger partial charge is 0.393 e. The first kappa shape index (κ1) is 13.2. The molecule has 1 aromatic carbocycles. The Labute approximate surface area is 104 Å². The summed E-state index contributed by atoms with van der Waals surface area (Å²) < 4.78 is 0.973. The predicted molar refractivity (Wildman–Crippen MR) is 68.4 cm³/mol. The summed E-state index contributed by atoms with van der Waals surface area (Å²) in [5.74, 6) is -0.0725. The highest BCUT2D eigenvalue weighted by Gasteiger charge is 2.05. The van der Waals surface area contributed by atoms with Crippen molar-refractivity contribution in [3.05, 3.63) is 28.2 Å². The van der Waals surface area contributed by atoms with Crippen LogP contribution in [0.5, 0.6) is 0 Å². The summed E-state index contributed by atoms with van der Waals surface area (Å²) in [6.45, 7) is 3.67. The molecule has 4 heteroatoms. The van der Waals surface area contributed by atoms with Crippen LogP contribution in [0.1, 0.15) is 25.3 Å². The van der Waals surface area contributed by atoms with Crippen LogP contribution < -0.4 is 5.32 Å². The van der Waals surface area contributed by atoms with Gasteiger partial charge < -0.3 is 10.4 Å². The Morgan fingerprint density at radius 1 is 1.56 bits per heavy atom. The highest BCUT2D eigenvalue weighted by Crippen LogP contribution is 2.20. The minimum Gasteiger partial charge on any atom is -0.393 e. The van der Waals surface area contributed by atoms with E-state index in [1.807, 2.05) is 25.1 Å². The molecule has 1 amide bonds. The van der Waals surface area contributed by atoms with Crippen LogP contribution in [-0.2, 0) is 4.79 Å². The zero-order valence-electron chi connectivity index (χ0n) is 9.46. The predicted octanol–water partition coefficient (Wildman–Crippen LogP) is 2.86. The van der Waals surface area contributed by atoms with Crippen molar-refractivity contribution in [2.45, 2.75) is 32.8 Å². The summed E-state index contributed by atoms with van der Waals surface area (Å²) in [5, 5.41) is 11.8. The highest BCUT2D eigenvalue weighted by molar-refractivity contribution is 9.10. The molecule has 16 heavy (non-hydrogen) atoms. The van der Waals surface area contributed by atoms with Gasteiger partial charge in [0, 0.05) is 16.6 Å². The van der Waals surface area contributed by atoms with Crippen molar-refractivity contribution in [2.24, 2.45) is 0 Å². The zero-order valence-corrected chi connectivity index (χ0v) is 11.0. The summed E-state index contributed by atoms with van der Waals surface area (Å²) in [5.41, 5.74) is 1.90. The molecule has 1 atom stereocenters. The SMILES string of the molecule is Cc1ccc(NC(=O)CCC(C)O)cc1Br. The van der Waals surface area contributed by atoms with Crippen LogP contribution in [0.2, 0.25) is 0 Å². The summed E-state index contributed by atoms with van der Waals surface area (Å²) in [6.07, 6.45) is 0.387. The number of hydrogen-bond donors (Lipinski definition) is 2. The Kier molecular flexibility index (Phi) is 4.96. The van der Waals surface area contributed by atoms with Gasteiger partial charge in [-0.1, -0.05) is 22.0 Å². The number of aliphatic hydroxyl groups excluding tert-OH is 1. The molecule has 0 fully saturated rings. The molecular formula is C12H16BrNO2. The first-order valence-corrected chi connectivity index (χ1v) is 6.02. The van der Waals surface area contributed by atoms with E-state index in [0.29, 0.717) is 12.8 Å². The lowest BCUT2D eigenvalue weighted by atomic mass is 10.2. The van der Waals surface area contributed by atoms with E-state index in [-0.39, 0.29) is 5.91 Å². The number of benzene rings is 1. The molecule has 3 nitrogen and oxygen atoms in total. The Morgan fingerprint density at radius 2 is 2.25 bits per heavy atom. The third-order valence-corrected chi connectivity index (χ3v) is 3.10. The van der Waals surface area contributed by atoms with Gasteiger partial charge >= 0.3 is 0 Å². The maximum atomic E-state index is 11.5. The van der Waals surface area contributed by atoms with Crippen molar-refractivity contribution >= 4 is 27.5 Å². The van der Waals surface area contributed by atoms with Crippen LogP contribution in [0, 0.1) is 6.92 Å². The summed E-state index contributed by atoms with van der Waals surface area (Å²) >= 11 is 3.41. The fourth-order valence-corrected chi connectivity index (χ4v) is 1.61. The minimum absolute atomic E-state index is 0.0725. The van der Waals surface area contributed by atoms with Crippen LogP contribution in [0.15, 0.2) is 22.7 Å². The fraction of sp³-hybridized carbons (Fsp3) is 0.417. The topological polar surface area (TPSA) is 49.3 Å². The van der Waals surface area contributed by atoms with Crippen molar-refractivity contribution in [2.75, 3.05) is 5.32 Å². The van der Waals surface area contributed by atoms with Crippen LogP contribution in [0.3, 0.4) is 0 Å². The van der Waals surface area contributed by atoms with Gasteiger partial charge in [-0.05, 0) is 38.0 Å². The van der Waals surface area contributed by atoms with Crippen LogP contribution in [0.25, 0.3) is 0 Å². The van der Waals surface area contributed by atoms with Crippen molar-refractivity contribution in [3.63, 3.8) is 0 Å². The Morgan fingerprint density at radius 3 is 2.81 bits per heavy atom. The maximum absolute atomic E-state index is 11.5. The first-order valence-electron chi connectivity index (χ1n) is 5.23. The molecule has 0 radical (unpaired) electrons. The molecule has 0 saturated heterocycles. The van der Waals surface area contributed by atoms with E-state index in [4.69, 9.17) is 5.11 Å². The molecule has 0 aliphatic carbocycles. The number of aryl methyl sites for hydroxylation is 1. The molecular weight excluding hydrogens is 270 g/mol. The lowest BCUT2D eigenvalue weighted by Crippen LogP contribution is -2.14.